The predicted octanol–water partition coefficient (Wildman–Crippen LogP) is 2.89. The first-order chi connectivity index (χ1) is 7.52. The van der Waals surface area contributed by atoms with Crippen molar-refractivity contribution in [3.8, 4) is 0 Å². The molecule has 0 radical (unpaired) electrons. The number of hydrogen-bond donors (Lipinski definition) is 0. The monoisotopic (exact) mass is 216 g/mol. The fourth-order valence-electron chi connectivity index (χ4n) is 1.66. The van der Waals surface area contributed by atoms with Gasteiger partial charge in [-0.1, -0.05) is 36.9 Å². The minimum atomic E-state index is -0.184. The van der Waals surface area contributed by atoms with E-state index in [1.54, 1.807) is 0 Å². The topological polar surface area (TPSA) is 34.1 Å². The molecule has 0 saturated carbocycles. The zero-order valence-corrected chi connectivity index (χ0v) is 9.69. The molecule has 1 rings (SSSR count). The van der Waals surface area contributed by atoms with Crippen LogP contribution in [-0.4, -0.2) is 11.6 Å². The second-order valence-corrected chi connectivity index (χ2v) is 3.95. The Hall–Kier alpha value is -1.70. The van der Waals surface area contributed by atoms with E-state index in [1.165, 1.54) is 13.8 Å². The molecule has 0 heterocycles. The maximum Gasteiger partial charge on any atom is 0.155 e. The zero-order valence-electron chi connectivity index (χ0n) is 9.69. The molecule has 0 aromatic heterocycles. The highest BCUT2D eigenvalue weighted by Gasteiger charge is 2.19. The van der Waals surface area contributed by atoms with Crippen LogP contribution < -0.4 is 0 Å². The molecule has 1 atom stereocenters. The summed E-state index contributed by atoms with van der Waals surface area (Å²) in [6.07, 6.45) is 0.336. The lowest BCUT2D eigenvalue weighted by atomic mass is 9.86. The van der Waals surface area contributed by atoms with E-state index in [9.17, 15) is 9.59 Å². The molecule has 1 aromatic rings. The molecule has 0 bridgehead atoms. The summed E-state index contributed by atoms with van der Waals surface area (Å²) < 4.78 is 0. The molecule has 1 aromatic carbocycles. The minimum absolute atomic E-state index is 0.0601. The smallest absolute Gasteiger partial charge is 0.155 e. The Morgan fingerprint density at radius 1 is 1.19 bits per heavy atom. The van der Waals surface area contributed by atoms with Crippen molar-refractivity contribution in [3.05, 3.63) is 48.0 Å². The van der Waals surface area contributed by atoms with Gasteiger partial charge < -0.3 is 0 Å². The van der Waals surface area contributed by atoms with Gasteiger partial charge in [0.2, 0.25) is 0 Å². The van der Waals surface area contributed by atoms with Crippen molar-refractivity contribution in [2.45, 2.75) is 26.2 Å². The van der Waals surface area contributed by atoms with Crippen molar-refractivity contribution in [2.75, 3.05) is 0 Å². The number of ketones is 2. The van der Waals surface area contributed by atoms with Gasteiger partial charge in [0.05, 0.1) is 0 Å². The first-order valence-electron chi connectivity index (χ1n) is 5.26. The molecular weight excluding hydrogens is 200 g/mol. The third-order valence-electron chi connectivity index (χ3n) is 2.57. The van der Waals surface area contributed by atoms with E-state index in [-0.39, 0.29) is 17.5 Å². The van der Waals surface area contributed by atoms with Crippen LogP contribution in [-0.2, 0) is 9.59 Å². The first kappa shape index (κ1) is 12.4. The Balaban J connectivity index is 3.01. The van der Waals surface area contributed by atoms with Gasteiger partial charge in [0, 0.05) is 12.3 Å². The third kappa shape index (κ3) is 3.16. The van der Waals surface area contributed by atoms with Crippen LogP contribution in [0.25, 0.3) is 0 Å². The van der Waals surface area contributed by atoms with E-state index >= 15 is 0 Å². The number of Topliss-reactive ketones (excluding diaryl/α,β-unsaturated/α-hetero) is 2. The van der Waals surface area contributed by atoms with Crippen LogP contribution in [0.15, 0.2) is 42.5 Å². The summed E-state index contributed by atoms with van der Waals surface area (Å²) in [7, 11) is 0. The molecule has 16 heavy (non-hydrogen) atoms. The lowest BCUT2D eigenvalue weighted by molar-refractivity contribution is -0.117. The quantitative estimate of drug-likeness (QED) is 0.709. The maximum absolute atomic E-state index is 11.3. The molecule has 0 amide bonds. The number of allylic oxidation sites excluding steroid dienone is 1. The Morgan fingerprint density at radius 3 is 2.19 bits per heavy atom. The molecule has 0 aliphatic carbocycles. The molecule has 1 unspecified atom stereocenters. The largest absolute Gasteiger partial charge is 0.300 e. The fourth-order valence-corrected chi connectivity index (χ4v) is 1.66. The van der Waals surface area contributed by atoms with Crippen molar-refractivity contribution in [3.63, 3.8) is 0 Å². The summed E-state index contributed by atoms with van der Waals surface area (Å²) in [5.74, 6) is -0.178. The second kappa shape index (κ2) is 5.40. The van der Waals surface area contributed by atoms with Gasteiger partial charge in [-0.15, -0.1) is 0 Å². The molecule has 2 nitrogen and oxygen atoms in total. The lowest BCUT2D eigenvalue weighted by Crippen LogP contribution is -2.11. The number of benzene rings is 1. The van der Waals surface area contributed by atoms with Crippen molar-refractivity contribution in [1.29, 1.82) is 0 Å². The molecule has 84 valence electrons. The summed E-state index contributed by atoms with van der Waals surface area (Å²) in [5, 5.41) is 0. The van der Waals surface area contributed by atoms with E-state index < -0.39 is 0 Å². The van der Waals surface area contributed by atoms with Crippen LogP contribution in [0.2, 0.25) is 0 Å². The average molecular weight is 216 g/mol. The van der Waals surface area contributed by atoms with Crippen LogP contribution in [0.5, 0.6) is 0 Å². The van der Waals surface area contributed by atoms with Crippen molar-refractivity contribution in [2.24, 2.45) is 0 Å². The molecule has 0 aliphatic rings. The molecule has 0 spiro atoms. The number of rotatable bonds is 5. The van der Waals surface area contributed by atoms with Gasteiger partial charge in [0.1, 0.15) is 5.78 Å². The van der Waals surface area contributed by atoms with Crippen molar-refractivity contribution < 1.29 is 9.59 Å². The van der Waals surface area contributed by atoms with Gasteiger partial charge in [0.25, 0.3) is 0 Å². The third-order valence-corrected chi connectivity index (χ3v) is 2.57. The molecule has 0 saturated heterocycles. The number of carbonyl (C=O) groups is 2. The van der Waals surface area contributed by atoms with Crippen LogP contribution in [0.4, 0.5) is 0 Å². The van der Waals surface area contributed by atoms with Crippen LogP contribution in [0.3, 0.4) is 0 Å². The van der Waals surface area contributed by atoms with Crippen LogP contribution >= 0.6 is 0 Å². The zero-order chi connectivity index (χ0) is 12.1. The highest BCUT2D eigenvalue weighted by atomic mass is 16.1. The number of hydrogen-bond acceptors (Lipinski definition) is 2. The van der Waals surface area contributed by atoms with E-state index in [0.29, 0.717) is 12.0 Å². The van der Waals surface area contributed by atoms with E-state index in [0.717, 1.165) is 5.56 Å². The number of carbonyl (C=O) groups excluding carboxylic acids is 2. The molecule has 0 N–H and O–H groups in total. The highest BCUT2D eigenvalue weighted by Crippen LogP contribution is 2.27. The van der Waals surface area contributed by atoms with Gasteiger partial charge in [0.15, 0.2) is 5.78 Å². The first-order valence-corrected chi connectivity index (χ1v) is 5.26. The van der Waals surface area contributed by atoms with E-state index in [4.69, 9.17) is 0 Å². The summed E-state index contributed by atoms with van der Waals surface area (Å²) >= 11 is 0. The Morgan fingerprint density at radius 2 is 1.75 bits per heavy atom. The van der Waals surface area contributed by atoms with Crippen molar-refractivity contribution >= 4 is 11.6 Å². The Bertz CT molecular complexity index is 404. The summed E-state index contributed by atoms with van der Waals surface area (Å²) in [6.45, 7) is 6.80. The summed E-state index contributed by atoms with van der Waals surface area (Å²) in [6, 6.07) is 9.54. The van der Waals surface area contributed by atoms with Gasteiger partial charge in [-0.3, -0.25) is 9.59 Å². The predicted molar refractivity (Wildman–Crippen MR) is 64.3 cm³/mol. The van der Waals surface area contributed by atoms with Gasteiger partial charge in [-0.05, 0) is 25.0 Å². The van der Waals surface area contributed by atoms with Gasteiger partial charge in [-0.25, -0.2) is 0 Å². The fraction of sp³-hybridized carbons (Fsp3) is 0.286. The molecule has 2 heteroatoms. The molecule has 0 fully saturated rings. The minimum Gasteiger partial charge on any atom is -0.300 e. The SMILES string of the molecule is C=C(C(C)=O)C(CC(C)=O)c1ccccc1. The van der Waals surface area contributed by atoms with Gasteiger partial charge >= 0.3 is 0 Å². The van der Waals surface area contributed by atoms with Crippen LogP contribution in [0.1, 0.15) is 31.7 Å². The average Bonchev–Trinajstić information content (AvgIpc) is 2.26. The second-order valence-electron chi connectivity index (χ2n) is 3.95. The standard InChI is InChI=1S/C14H16O2/c1-10(15)9-14(11(2)12(3)16)13-7-5-4-6-8-13/h4-8,14H,2,9H2,1,3H3. The maximum atomic E-state index is 11.3. The highest BCUT2D eigenvalue weighted by molar-refractivity contribution is 5.95. The van der Waals surface area contributed by atoms with E-state index in [1.807, 2.05) is 30.3 Å². The normalized spacial score (nSPS) is 11.9. The van der Waals surface area contributed by atoms with Crippen molar-refractivity contribution in [1.82, 2.24) is 0 Å². The molecule has 0 aliphatic heterocycles. The molecular formula is C14H16O2. The summed E-state index contributed by atoms with van der Waals surface area (Å²) in [5.41, 5.74) is 1.47. The Kier molecular flexibility index (Phi) is 4.18. The lowest BCUT2D eigenvalue weighted by Gasteiger charge is -2.16. The van der Waals surface area contributed by atoms with E-state index in [2.05, 4.69) is 6.58 Å². The summed E-state index contributed by atoms with van der Waals surface area (Å²) in [4.78, 5) is 22.5. The Labute approximate surface area is 96.0 Å². The van der Waals surface area contributed by atoms with Crippen LogP contribution in [0, 0.1) is 0 Å². The van der Waals surface area contributed by atoms with Gasteiger partial charge in [-0.2, -0.15) is 0 Å².